The third kappa shape index (κ3) is 2.92. The van der Waals surface area contributed by atoms with Crippen molar-refractivity contribution in [2.24, 2.45) is 5.10 Å². The van der Waals surface area contributed by atoms with E-state index in [1.165, 1.54) is 5.01 Å². The van der Waals surface area contributed by atoms with Gasteiger partial charge in [-0.15, -0.1) is 0 Å². The minimum atomic E-state index is -0.0941. The van der Waals surface area contributed by atoms with Crippen LogP contribution in [0, 0.1) is 6.92 Å². The van der Waals surface area contributed by atoms with Crippen molar-refractivity contribution in [1.29, 1.82) is 0 Å². The van der Waals surface area contributed by atoms with E-state index in [0.29, 0.717) is 5.57 Å². The Balaban J connectivity index is 1.69. The van der Waals surface area contributed by atoms with Gasteiger partial charge in [0.05, 0.1) is 17.0 Å². The van der Waals surface area contributed by atoms with Gasteiger partial charge in [0.15, 0.2) is 0 Å². The summed E-state index contributed by atoms with van der Waals surface area (Å²) in [5, 5.41) is 10.6. The van der Waals surface area contributed by atoms with E-state index in [-0.39, 0.29) is 5.91 Å². The maximum atomic E-state index is 13.2. The molecule has 0 fully saturated rings. The van der Waals surface area contributed by atoms with Crippen molar-refractivity contribution < 1.29 is 4.79 Å². The first-order valence-electron chi connectivity index (χ1n) is 9.71. The summed E-state index contributed by atoms with van der Waals surface area (Å²) in [4.78, 5) is 13.2. The second kappa shape index (κ2) is 6.71. The molecule has 3 nitrogen and oxygen atoms in total. The van der Waals surface area contributed by atoms with Crippen LogP contribution in [0.25, 0.3) is 27.6 Å². The van der Waals surface area contributed by atoms with Gasteiger partial charge in [-0.2, -0.15) is 10.1 Å². The first kappa shape index (κ1) is 17.4. The highest BCUT2D eigenvalue weighted by Gasteiger charge is 2.29. The Morgan fingerprint density at radius 3 is 2.00 bits per heavy atom. The number of amides is 1. The molecule has 4 aromatic rings. The lowest BCUT2D eigenvalue weighted by atomic mass is 9.94. The Labute approximate surface area is 169 Å². The van der Waals surface area contributed by atoms with Gasteiger partial charge < -0.3 is 0 Å². The lowest BCUT2D eigenvalue weighted by Gasteiger charge is -2.12. The number of hydrazone groups is 1. The fourth-order valence-electron chi connectivity index (χ4n) is 3.89. The number of rotatable bonds is 2. The molecule has 0 radical (unpaired) electrons. The number of hydrogen-bond donors (Lipinski definition) is 0. The predicted molar refractivity (Wildman–Crippen MR) is 121 cm³/mol. The summed E-state index contributed by atoms with van der Waals surface area (Å²) in [7, 11) is 0. The molecule has 3 heteroatoms. The molecule has 0 saturated heterocycles. The quantitative estimate of drug-likeness (QED) is 0.307. The molecule has 0 saturated carbocycles. The van der Waals surface area contributed by atoms with E-state index in [0.717, 1.165) is 44.1 Å². The van der Waals surface area contributed by atoms with Crippen LogP contribution in [0.3, 0.4) is 0 Å². The van der Waals surface area contributed by atoms with E-state index in [2.05, 4.69) is 35.4 Å². The molecule has 0 bridgehead atoms. The smallest absolute Gasteiger partial charge is 0.267 e. The first-order valence-corrected chi connectivity index (χ1v) is 9.71. The van der Waals surface area contributed by atoms with Crippen LogP contribution in [0.15, 0.2) is 89.5 Å². The Morgan fingerprint density at radius 2 is 1.38 bits per heavy atom. The number of nitrogens with zero attached hydrogens (tertiary/aromatic N) is 2. The third-order valence-corrected chi connectivity index (χ3v) is 5.44. The van der Waals surface area contributed by atoms with E-state index in [9.17, 15) is 4.79 Å². The maximum absolute atomic E-state index is 13.2. The number of fused-ring (bicyclic) bond motifs is 2. The summed E-state index contributed by atoms with van der Waals surface area (Å²) in [5.41, 5.74) is 4.35. The number of benzene rings is 4. The van der Waals surface area contributed by atoms with Gasteiger partial charge in [0.1, 0.15) is 0 Å². The van der Waals surface area contributed by atoms with E-state index < -0.39 is 0 Å². The number of anilines is 1. The minimum Gasteiger partial charge on any atom is -0.267 e. The van der Waals surface area contributed by atoms with Crippen LogP contribution in [0.4, 0.5) is 5.69 Å². The van der Waals surface area contributed by atoms with Crippen molar-refractivity contribution in [2.45, 2.75) is 13.8 Å². The fraction of sp³-hybridized carbons (Fsp3) is 0.0769. The minimum absolute atomic E-state index is 0.0941. The summed E-state index contributed by atoms with van der Waals surface area (Å²) in [6.45, 7) is 3.92. The summed E-state index contributed by atoms with van der Waals surface area (Å²) in [6.07, 6.45) is 2.00. The number of carbonyl (C=O) groups is 1. The maximum Gasteiger partial charge on any atom is 0.280 e. The molecule has 1 heterocycles. The molecule has 0 spiro atoms. The molecule has 0 aliphatic carbocycles. The van der Waals surface area contributed by atoms with Crippen molar-refractivity contribution in [1.82, 2.24) is 0 Å². The highest BCUT2D eigenvalue weighted by Crippen LogP contribution is 2.32. The molecule has 5 rings (SSSR count). The van der Waals surface area contributed by atoms with Gasteiger partial charge >= 0.3 is 0 Å². The molecule has 0 N–H and O–H groups in total. The molecule has 1 aliphatic rings. The molecule has 29 heavy (non-hydrogen) atoms. The molecule has 4 aromatic carbocycles. The molecule has 0 atom stereocenters. The van der Waals surface area contributed by atoms with Gasteiger partial charge in [0.2, 0.25) is 0 Å². The van der Waals surface area contributed by atoms with Crippen LogP contribution in [-0.4, -0.2) is 11.6 Å². The number of aryl methyl sites for hydroxylation is 1. The standard InChI is InChI=1S/C26H20N2O/c1-17-11-13-21(14-12-17)28-26(29)24(18(2)27-28)16-25-22-9-5-3-7-19(22)15-20-8-4-6-10-23(20)25/h3-16H,1-2H3/b24-16-. The van der Waals surface area contributed by atoms with Crippen LogP contribution in [0.2, 0.25) is 0 Å². The van der Waals surface area contributed by atoms with Crippen molar-refractivity contribution >= 4 is 44.9 Å². The Bertz CT molecular complexity index is 1280. The second-order valence-corrected chi connectivity index (χ2v) is 7.43. The molecule has 0 unspecified atom stereocenters. The van der Waals surface area contributed by atoms with Gasteiger partial charge in [0.25, 0.3) is 5.91 Å². The van der Waals surface area contributed by atoms with Crippen LogP contribution in [0.5, 0.6) is 0 Å². The number of hydrogen-bond acceptors (Lipinski definition) is 2. The topological polar surface area (TPSA) is 32.7 Å². The van der Waals surface area contributed by atoms with Crippen LogP contribution >= 0.6 is 0 Å². The van der Waals surface area contributed by atoms with Gasteiger partial charge in [0, 0.05) is 0 Å². The Morgan fingerprint density at radius 1 is 0.793 bits per heavy atom. The molecule has 1 amide bonds. The van der Waals surface area contributed by atoms with E-state index in [4.69, 9.17) is 0 Å². The fourth-order valence-corrected chi connectivity index (χ4v) is 3.89. The van der Waals surface area contributed by atoms with E-state index in [1.54, 1.807) is 0 Å². The van der Waals surface area contributed by atoms with Crippen molar-refractivity contribution in [3.05, 3.63) is 95.6 Å². The zero-order valence-corrected chi connectivity index (χ0v) is 16.4. The number of carbonyl (C=O) groups excluding carboxylic acids is 1. The van der Waals surface area contributed by atoms with Crippen molar-refractivity contribution in [3.8, 4) is 0 Å². The molecular formula is C26H20N2O. The normalized spacial score (nSPS) is 15.5. The zero-order valence-electron chi connectivity index (χ0n) is 16.4. The molecule has 140 valence electrons. The van der Waals surface area contributed by atoms with Crippen LogP contribution in [-0.2, 0) is 4.79 Å². The van der Waals surface area contributed by atoms with Crippen LogP contribution in [0.1, 0.15) is 18.1 Å². The summed E-state index contributed by atoms with van der Waals surface area (Å²) in [6, 6.07) is 26.6. The average Bonchev–Trinajstić information content (AvgIpc) is 3.02. The Hall–Kier alpha value is -3.72. The summed E-state index contributed by atoms with van der Waals surface area (Å²) in [5.74, 6) is -0.0941. The predicted octanol–water partition coefficient (Wildman–Crippen LogP) is 6.11. The highest BCUT2D eigenvalue weighted by molar-refractivity contribution is 6.33. The molecular weight excluding hydrogens is 356 g/mol. The van der Waals surface area contributed by atoms with Gasteiger partial charge in [-0.25, -0.2) is 0 Å². The summed E-state index contributed by atoms with van der Waals surface area (Å²) < 4.78 is 0. The zero-order chi connectivity index (χ0) is 20.0. The van der Waals surface area contributed by atoms with Crippen LogP contribution < -0.4 is 5.01 Å². The van der Waals surface area contributed by atoms with E-state index in [1.807, 2.05) is 68.5 Å². The lowest BCUT2D eigenvalue weighted by Crippen LogP contribution is -2.21. The molecule has 1 aliphatic heterocycles. The SMILES string of the molecule is CC1=NN(c2ccc(C)cc2)C(=O)/C1=C\c1c2ccccc2cc2ccccc12. The largest absolute Gasteiger partial charge is 0.280 e. The average molecular weight is 376 g/mol. The first-order chi connectivity index (χ1) is 14.1. The van der Waals surface area contributed by atoms with Gasteiger partial charge in [-0.1, -0.05) is 66.2 Å². The monoisotopic (exact) mass is 376 g/mol. The third-order valence-electron chi connectivity index (χ3n) is 5.44. The summed E-state index contributed by atoms with van der Waals surface area (Å²) >= 11 is 0. The van der Waals surface area contributed by atoms with Gasteiger partial charge in [-0.3, -0.25) is 4.79 Å². The van der Waals surface area contributed by atoms with Crippen molar-refractivity contribution in [3.63, 3.8) is 0 Å². The van der Waals surface area contributed by atoms with Gasteiger partial charge in [-0.05, 0) is 65.2 Å². The second-order valence-electron chi connectivity index (χ2n) is 7.43. The lowest BCUT2D eigenvalue weighted by molar-refractivity contribution is -0.114. The highest BCUT2D eigenvalue weighted by atomic mass is 16.2. The van der Waals surface area contributed by atoms with E-state index >= 15 is 0 Å². The Kier molecular flexibility index (Phi) is 4.02. The molecule has 0 aromatic heterocycles. The van der Waals surface area contributed by atoms with Crippen molar-refractivity contribution in [2.75, 3.05) is 5.01 Å².